The molecule has 29 heavy (non-hydrogen) atoms. The van der Waals surface area contributed by atoms with Gasteiger partial charge in [-0.3, -0.25) is 0 Å². The number of ether oxygens (including phenoxy) is 2. The number of sulfonamides is 1. The van der Waals surface area contributed by atoms with Gasteiger partial charge < -0.3 is 20.1 Å². The van der Waals surface area contributed by atoms with Gasteiger partial charge in [0.15, 0.2) is 6.73 Å². The van der Waals surface area contributed by atoms with Crippen molar-refractivity contribution in [2.45, 2.75) is 11.8 Å². The minimum Gasteiger partial charge on any atom is -0.473 e. The Morgan fingerprint density at radius 3 is 2.55 bits per heavy atom. The third-order valence-corrected chi connectivity index (χ3v) is 6.51. The quantitative estimate of drug-likeness (QED) is 0.674. The summed E-state index contributed by atoms with van der Waals surface area (Å²) in [5, 5.41) is 5.31. The van der Waals surface area contributed by atoms with Crippen molar-refractivity contribution in [1.82, 2.24) is 9.62 Å². The second kappa shape index (κ2) is 9.45. The Hall–Kier alpha value is -2.33. The van der Waals surface area contributed by atoms with E-state index in [1.807, 2.05) is 19.1 Å². The molecule has 1 aliphatic heterocycles. The third-order valence-electron chi connectivity index (χ3n) is 4.29. The van der Waals surface area contributed by atoms with Gasteiger partial charge in [0.05, 0.1) is 28.8 Å². The van der Waals surface area contributed by atoms with Crippen LogP contribution in [0.15, 0.2) is 47.4 Å². The van der Waals surface area contributed by atoms with Crippen molar-refractivity contribution in [2.75, 3.05) is 38.4 Å². The largest absolute Gasteiger partial charge is 0.473 e. The molecule has 10 heteroatoms. The van der Waals surface area contributed by atoms with Crippen LogP contribution < -0.4 is 15.4 Å². The summed E-state index contributed by atoms with van der Waals surface area (Å²) in [6.07, 6.45) is 0. The fraction of sp³-hybridized carbons (Fsp3) is 0.316. The Bertz CT molecular complexity index is 960. The number of aryl methyl sites for hydroxylation is 1. The molecule has 0 saturated carbocycles. The molecule has 1 saturated heterocycles. The molecule has 0 atom stereocenters. The van der Waals surface area contributed by atoms with Crippen molar-refractivity contribution in [3.8, 4) is 5.75 Å². The van der Waals surface area contributed by atoms with Gasteiger partial charge in [0.2, 0.25) is 10.0 Å². The molecule has 1 heterocycles. The summed E-state index contributed by atoms with van der Waals surface area (Å²) >= 11 is 6.12. The highest BCUT2D eigenvalue weighted by Gasteiger charge is 2.27. The van der Waals surface area contributed by atoms with Gasteiger partial charge in [0, 0.05) is 13.1 Å². The molecule has 0 radical (unpaired) electrons. The van der Waals surface area contributed by atoms with E-state index in [0.29, 0.717) is 19.0 Å². The number of nitrogens with zero attached hydrogens (tertiary/aromatic N) is 1. The zero-order valence-electron chi connectivity index (χ0n) is 15.9. The number of carbonyl (C=O) groups is 1. The molecule has 0 spiro atoms. The van der Waals surface area contributed by atoms with Crippen LogP contribution in [-0.4, -0.2) is 51.8 Å². The van der Waals surface area contributed by atoms with Gasteiger partial charge in [-0.25, -0.2) is 13.2 Å². The monoisotopic (exact) mass is 439 g/mol. The van der Waals surface area contributed by atoms with E-state index < -0.39 is 16.1 Å². The lowest BCUT2D eigenvalue weighted by atomic mass is 10.2. The summed E-state index contributed by atoms with van der Waals surface area (Å²) in [5.74, 6) is 0.618. The van der Waals surface area contributed by atoms with E-state index in [1.54, 1.807) is 12.1 Å². The van der Waals surface area contributed by atoms with E-state index in [4.69, 9.17) is 21.1 Å². The Kier molecular flexibility index (Phi) is 6.96. The minimum atomic E-state index is -3.70. The maximum Gasteiger partial charge on any atom is 0.321 e. The van der Waals surface area contributed by atoms with E-state index in [-0.39, 0.29) is 35.4 Å². The van der Waals surface area contributed by atoms with Crippen LogP contribution in [-0.2, 0) is 14.8 Å². The molecule has 3 rings (SSSR count). The number of hydrogen-bond acceptors (Lipinski definition) is 5. The van der Waals surface area contributed by atoms with E-state index >= 15 is 0 Å². The molecule has 2 N–H and O–H groups in total. The molecule has 2 aromatic carbocycles. The molecule has 156 valence electrons. The summed E-state index contributed by atoms with van der Waals surface area (Å²) in [5.41, 5.74) is 1.29. The number of urea groups is 1. The first kappa shape index (κ1) is 21.4. The number of anilines is 1. The predicted octanol–water partition coefficient (Wildman–Crippen LogP) is 2.83. The van der Waals surface area contributed by atoms with Crippen LogP contribution in [0.1, 0.15) is 5.56 Å². The van der Waals surface area contributed by atoms with Gasteiger partial charge in [-0.1, -0.05) is 29.3 Å². The van der Waals surface area contributed by atoms with E-state index in [2.05, 4.69) is 10.6 Å². The van der Waals surface area contributed by atoms with Crippen LogP contribution in [0.4, 0.5) is 10.5 Å². The Morgan fingerprint density at radius 1 is 1.17 bits per heavy atom. The van der Waals surface area contributed by atoms with Crippen LogP contribution in [0.25, 0.3) is 0 Å². The number of amides is 2. The molecule has 0 unspecified atom stereocenters. The maximum absolute atomic E-state index is 12.8. The third kappa shape index (κ3) is 5.60. The first-order valence-electron chi connectivity index (χ1n) is 8.98. The van der Waals surface area contributed by atoms with Crippen molar-refractivity contribution >= 4 is 33.3 Å². The number of rotatable bonds is 6. The van der Waals surface area contributed by atoms with Crippen molar-refractivity contribution < 1.29 is 22.7 Å². The molecule has 1 aliphatic rings. The number of morpholine rings is 1. The lowest BCUT2D eigenvalue weighted by molar-refractivity contribution is 0.0730. The molecule has 0 bridgehead atoms. The Labute approximate surface area is 174 Å². The van der Waals surface area contributed by atoms with Gasteiger partial charge in [-0.05, 0) is 37.3 Å². The molecule has 8 nitrogen and oxygen atoms in total. The molecule has 0 aromatic heterocycles. The van der Waals surface area contributed by atoms with Crippen molar-refractivity contribution in [3.05, 3.63) is 53.1 Å². The zero-order valence-corrected chi connectivity index (χ0v) is 17.4. The first-order chi connectivity index (χ1) is 13.9. The fourth-order valence-electron chi connectivity index (χ4n) is 2.68. The molecule has 1 fully saturated rings. The molecular weight excluding hydrogens is 418 g/mol. The average Bonchev–Trinajstić information content (AvgIpc) is 2.71. The standard InChI is InChI=1S/C19H22ClN3O5S/c1-14-2-4-15(5-3-14)28-13-21-19(24)22-18-12-16(6-7-17(18)20)29(25,26)23-8-10-27-11-9-23/h2-7,12H,8-11,13H2,1H3,(H2,21,22,24). The number of hydrogen-bond donors (Lipinski definition) is 2. The van der Waals surface area contributed by atoms with Gasteiger partial charge in [0.25, 0.3) is 0 Å². The second-order valence-electron chi connectivity index (χ2n) is 6.39. The maximum atomic E-state index is 12.8. The SMILES string of the molecule is Cc1ccc(OCNC(=O)Nc2cc(S(=O)(=O)N3CCOCC3)ccc2Cl)cc1. The number of halogens is 1. The lowest BCUT2D eigenvalue weighted by Gasteiger charge is -2.26. The topological polar surface area (TPSA) is 97.0 Å². The lowest BCUT2D eigenvalue weighted by Crippen LogP contribution is -2.40. The number of benzene rings is 2. The summed E-state index contributed by atoms with van der Waals surface area (Å²) < 4.78 is 37.5. The highest BCUT2D eigenvalue weighted by Crippen LogP contribution is 2.27. The van der Waals surface area contributed by atoms with Gasteiger partial charge >= 0.3 is 6.03 Å². The minimum absolute atomic E-state index is 0.0509. The van der Waals surface area contributed by atoms with Crippen LogP contribution in [0.2, 0.25) is 5.02 Å². The molecule has 2 aromatic rings. The van der Waals surface area contributed by atoms with E-state index in [9.17, 15) is 13.2 Å². The van der Waals surface area contributed by atoms with Crippen LogP contribution >= 0.6 is 11.6 Å². The van der Waals surface area contributed by atoms with E-state index in [0.717, 1.165) is 5.56 Å². The van der Waals surface area contributed by atoms with Crippen LogP contribution in [0.3, 0.4) is 0 Å². The molecule has 2 amide bonds. The van der Waals surface area contributed by atoms with Crippen LogP contribution in [0, 0.1) is 6.92 Å². The first-order valence-corrected chi connectivity index (χ1v) is 10.8. The Balaban J connectivity index is 1.61. The fourth-order valence-corrected chi connectivity index (χ4v) is 4.28. The van der Waals surface area contributed by atoms with E-state index in [1.165, 1.54) is 22.5 Å². The summed E-state index contributed by atoms with van der Waals surface area (Å²) in [4.78, 5) is 12.2. The van der Waals surface area contributed by atoms with Gasteiger partial charge in [0.1, 0.15) is 5.75 Å². The van der Waals surface area contributed by atoms with Crippen molar-refractivity contribution in [2.24, 2.45) is 0 Å². The Morgan fingerprint density at radius 2 is 1.86 bits per heavy atom. The average molecular weight is 440 g/mol. The second-order valence-corrected chi connectivity index (χ2v) is 8.74. The molecule has 0 aliphatic carbocycles. The van der Waals surface area contributed by atoms with Gasteiger partial charge in [-0.2, -0.15) is 4.31 Å². The van der Waals surface area contributed by atoms with Gasteiger partial charge in [-0.15, -0.1) is 0 Å². The predicted molar refractivity (Wildman–Crippen MR) is 110 cm³/mol. The highest BCUT2D eigenvalue weighted by atomic mass is 35.5. The highest BCUT2D eigenvalue weighted by molar-refractivity contribution is 7.89. The molecular formula is C19H22ClN3O5S. The summed E-state index contributed by atoms with van der Waals surface area (Å²) in [6.45, 7) is 3.17. The van der Waals surface area contributed by atoms with Crippen molar-refractivity contribution in [1.29, 1.82) is 0 Å². The smallest absolute Gasteiger partial charge is 0.321 e. The summed E-state index contributed by atoms with van der Waals surface area (Å²) in [6, 6.07) is 11.0. The normalized spacial score (nSPS) is 15.0. The van der Waals surface area contributed by atoms with Crippen LogP contribution in [0.5, 0.6) is 5.75 Å². The van der Waals surface area contributed by atoms with Crippen molar-refractivity contribution in [3.63, 3.8) is 0 Å². The number of nitrogens with one attached hydrogen (secondary N) is 2. The summed E-state index contributed by atoms with van der Waals surface area (Å²) in [7, 11) is -3.70. The zero-order chi connectivity index (χ0) is 20.9. The number of carbonyl (C=O) groups excluding carboxylic acids is 1.